The molecule has 0 aliphatic heterocycles. The predicted octanol–water partition coefficient (Wildman–Crippen LogP) is 2.62. The first-order chi connectivity index (χ1) is 10.8. The Hall–Kier alpha value is -1.57. The van der Waals surface area contributed by atoms with Gasteiger partial charge >= 0.3 is 0 Å². The van der Waals surface area contributed by atoms with Gasteiger partial charge in [-0.2, -0.15) is 0 Å². The Balaban J connectivity index is 0.00000192. The van der Waals surface area contributed by atoms with Gasteiger partial charge in [-0.15, -0.1) is 24.0 Å². The number of rotatable bonds is 5. The van der Waals surface area contributed by atoms with Crippen LogP contribution >= 0.6 is 24.0 Å². The van der Waals surface area contributed by atoms with Crippen LogP contribution in [-0.2, 0) is 13.1 Å². The SMILES string of the molecule is CN=C(NCc1nccn1Cc1ccccc1)NC1CC1C.I. The zero-order valence-corrected chi connectivity index (χ0v) is 15.9. The van der Waals surface area contributed by atoms with Crippen molar-refractivity contribution in [1.82, 2.24) is 20.2 Å². The largest absolute Gasteiger partial charge is 0.353 e. The lowest BCUT2D eigenvalue weighted by Crippen LogP contribution is -2.39. The van der Waals surface area contributed by atoms with Gasteiger partial charge in [-0.05, 0) is 17.9 Å². The monoisotopic (exact) mass is 425 g/mol. The average molecular weight is 425 g/mol. The lowest BCUT2D eigenvalue weighted by Gasteiger charge is -2.13. The maximum Gasteiger partial charge on any atom is 0.191 e. The van der Waals surface area contributed by atoms with Crippen LogP contribution in [-0.4, -0.2) is 28.6 Å². The number of halogens is 1. The van der Waals surface area contributed by atoms with Crippen molar-refractivity contribution in [1.29, 1.82) is 0 Å². The standard InChI is InChI=1S/C17H23N5.HI/c1-13-10-15(13)21-17(18-2)20-11-16-19-8-9-22(16)12-14-6-4-3-5-7-14;/h3-9,13,15H,10-12H2,1-2H3,(H2,18,20,21);1H. The Morgan fingerprint density at radius 2 is 2.09 bits per heavy atom. The summed E-state index contributed by atoms with van der Waals surface area (Å²) in [4.78, 5) is 8.72. The minimum Gasteiger partial charge on any atom is -0.353 e. The van der Waals surface area contributed by atoms with Gasteiger partial charge in [0.1, 0.15) is 5.82 Å². The van der Waals surface area contributed by atoms with Crippen molar-refractivity contribution in [3.63, 3.8) is 0 Å². The van der Waals surface area contributed by atoms with Crippen molar-refractivity contribution in [3.8, 4) is 0 Å². The van der Waals surface area contributed by atoms with E-state index in [0.29, 0.717) is 12.6 Å². The van der Waals surface area contributed by atoms with Crippen LogP contribution in [0.3, 0.4) is 0 Å². The number of hydrogen-bond donors (Lipinski definition) is 2. The van der Waals surface area contributed by atoms with Crippen LogP contribution in [0.2, 0.25) is 0 Å². The minimum absolute atomic E-state index is 0. The van der Waals surface area contributed by atoms with Crippen LogP contribution < -0.4 is 10.6 Å². The van der Waals surface area contributed by atoms with Gasteiger partial charge in [0.2, 0.25) is 0 Å². The number of imidazole rings is 1. The molecule has 3 rings (SSSR count). The molecule has 0 amide bonds. The third kappa shape index (κ3) is 4.95. The molecule has 124 valence electrons. The van der Waals surface area contributed by atoms with Gasteiger partial charge in [0.25, 0.3) is 0 Å². The van der Waals surface area contributed by atoms with Crippen LogP contribution in [0.4, 0.5) is 0 Å². The highest BCUT2D eigenvalue weighted by Gasteiger charge is 2.33. The minimum atomic E-state index is 0. The number of benzene rings is 1. The summed E-state index contributed by atoms with van der Waals surface area (Å²) in [5.41, 5.74) is 1.27. The maximum atomic E-state index is 4.45. The van der Waals surface area contributed by atoms with Crippen molar-refractivity contribution in [3.05, 3.63) is 54.1 Å². The second-order valence-corrected chi connectivity index (χ2v) is 5.85. The van der Waals surface area contributed by atoms with E-state index in [-0.39, 0.29) is 24.0 Å². The van der Waals surface area contributed by atoms with E-state index >= 15 is 0 Å². The van der Waals surface area contributed by atoms with Gasteiger partial charge in [0, 0.05) is 32.0 Å². The Morgan fingerprint density at radius 3 is 2.74 bits per heavy atom. The molecule has 1 aliphatic rings. The molecular formula is C17H24IN5. The molecule has 2 atom stereocenters. The van der Waals surface area contributed by atoms with Gasteiger partial charge in [0.05, 0.1) is 6.54 Å². The fraction of sp³-hybridized carbons (Fsp3) is 0.412. The first-order valence-corrected chi connectivity index (χ1v) is 7.77. The normalized spacial score (nSPS) is 19.8. The third-order valence-corrected chi connectivity index (χ3v) is 4.07. The zero-order chi connectivity index (χ0) is 15.4. The summed E-state index contributed by atoms with van der Waals surface area (Å²) in [6.07, 6.45) is 5.09. The predicted molar refractivity (Wildman–Crippen MR) is 104 cm³/mol. The molecule has 0 radical (unpaired) electrons. The second kappa shape index (κ2) is 8.33. The fourth-order valence-corrected chi connectivity index (χ4v) is 2.49. The number of guanidine groups is 1. The number of aromatic nitrogens is 2. The van der Waals surface area contributed by atoms with E-state index in [1.807, 2.05) is 18.5 Å². The lowest BCUT2D eigenvalue weighted by molar-refractivity contribution is 0.683. The molecule has 0 bridgehead atoms. The average Bonchev–Trinajstić information content (AvgIpc) is 3.05. The first kappa shape index (κ1) is 17.8. The van der Waals surface area contributed by atoms with Crippen LogP contribution in [0.25, 0.3) is 0 Å². The first-order valence-electron chi connectivity index (χ1n) is 7.77. The van der Waals surface area contributed by atoms with Crippen molar-refractivity contribution in [2.45, 2.75) is 32.5 Å². The van der Waals surface area contributed by atoms with Crippen LogP contribution in [0.5, 0.6) is 0 Å². The summed E-state index contributed by atoms with van der Waals surface area (Å²) >= 11 is 0. The van der Waals surface area contributed by atoms with Crippen LogP contribution in [0.15, 0.2) is 47.7 Å². The number of aliphatic imine (C=N–C) groups is 1. The van der Waals surface area contributed by atoms with Crippen molar-refractivity contribution in [2.75, 3.05) is 7.05 Å². The molecule has 1 aromatic carbocycles. The molecule has 1 aliphatic carbocycles. The fourth-order valence-electron chi connectivity index (χ4n) is 2.49. The van der Waals surface area contributed by atoms with Crippen molar-refractivity contribution in [2.24, 2.45) is 10.9 Å². The summed E-state index contributed by atoms with van der Waals surface area (Å²) in [6, 6.07) is 11.0. The molecule has 6 heteroatoms. The molecule has 2 aromatic rings. The van der Waals surface area contributed by atoms with E-state index in [0.717, 1.165) is 24.2 Å². The van der Waals surface area contributed by atoms with E-state index in [1.165, 1.54) is 12.0 Å². The molecule has 0 saturated heterocycles. The lowest BCUT2D eigenvalue weighted by atomic mass is 10.2. The summed E-state index contributed by atoms with van der Waals surface area (Å²) in [5.74, 6) is 2.61. The molecule has 2 unspecified atom stereocenters. The van der Waals surface area contributed by atoms with E-state index in [4.69, 9.17) is 0 Å². The van der Waals surface area contributed by atoms with Gasteiger partial charge in [0.15, 0.2) is 5.96 Å². The number of hydrogen-bond acceptors (Lipinski definition) is 2. The zero-order valence-electron chi connectivity index (χ0n) is 13.6. The Kier molecular flexibility index (Phi) is 6.44. The van der Waals surface area contributed by atoms with Gasteiger partial charge in [-0.1, -0.05) is 37.3 Å². The molecule has 5 nitrogen and oxygen atoms in total. The van der Waals surface area contributed by atoms with Crippen molar-refractivity contribution >= 4 is 29.9 Å². The molecule has 1 heterocycles. The summed E-state index contributed by atoms with van der Waals surface area (Å²) in [6.45, 7) is 3.75. The molecular weight excluding hydrogens is 401 g/mol. The highest BCUT2D eigenvalue weighted by atomic mass is 127. The molecule has 23 heavy (non-hydrogen) atoms. The Bertz CT molecular complexity index is 637. The molecule has 2 N–H and O–H groups in total. The van der Waals surface area contributed by atoms with Gasteiger partial charge in [-0.3, -0.25) is 4.99 Å². The van der Waals surface area contributed by atoms with E-state index in [9.17, 15) is 0 Å². The Labute approximate surface area is 154 Å². The second-order valence-electron chi connectivity index (χ2n) is 5.85. The molecule has 1 fully saturated rings. The van der Waals surface area contributed by atoms with E-state index in [1.54, 1.807) is 7.05 Å². The topological polar surface area (TPSA) is 54.2 Å². The highest BCUT2D eigenvalue weighted by Crippen LogP contribution is 2.28. The van der Waals surface area contributed by atoms with Crippen LogP contribution in [0, 0.1) is 5.92 Å². The number of nitrogens with one attached hydrogen (secondary N) is 2. The van der Waals surface area contributed by atoms with Crippen molar-refractivity contribution < 1.29 is 0 Å². The summed E-state index contributed by atoms with van der Waals surface area (Å²) in [5, 5.41) is 6.77. The van der Waals surface area contributed by atoms with Gasteiger partial charge in [-0.25, -0.2) is 4.98 Å². The maximum absolute atomic E-state index is 4.45. The van der Waals surface area contributed by atoms with Gasteiger partial charge < -0.3 is 15.2 Å². The number of nitrogens with zero attached hydrogens (tertiary/aromatic N) is 3. The third-order valence-electron chi connectivity index (χ3n) is 4.07. The van der Waals surface area contributed by atoms with Crippen LogP contribution in [0.1, 0.15) is 24.7 Å². The molecule has 1 aromatic heterocycles. The summed E-state index contributed by atoms with van der Waals surface area (Å²) in [7, 11) is 1.80. The summed E-state index contributed by atoms with van der Waals surface area (Å²) < 4.78 is 2.16. The quantitative estimate of drug-likeness (QED) is 0.440. The Morgan fingerprint density at radius 1 is 1.35 bits per heavy atom. The molecule has 1 saturated carbocycles. The smallest absolute Gasteiger partial charge is 0.191 e. The van der Waals surface area contributed by atoms with E-state index in [2.05, 4.69) is 56.4 Å². The molecule has 0 spiro atoms. The van der Waals surface area contributed by atoms with E-state index < -0.39 is 0 Å². The highest BCUT2D eigenvalue weighted by molar-refractivity contribution is 14.0.